The zero-order chi connectivity index (χ0) is 25.8. The van der Waals surface area contributed by atoms with E-state index < -0.39 is 0 Å². The van der Waals surface area contributed by atoms with Gasteiger partial charge in [-0.2, -0.15) is 0 Å². The van der Waals surface area contributed by atoms with Gasteiger partial charge in [-0.05, 0) is 80.8 Å². The fraction of sp³-hybridized carbons (Fsp3) is 0.321. The second kappa shape index (κ2) is 10.7. The van der Waals surface area contributed by atoms with Crippen molar-refractivity contribution in [1.29, 1.82) is 0 Å². The van der Waals surface area contributed by atoms with Crippen molar-refractivity contribution in [2.24, 2.45) is 0 Å². The molecule has 188 valence electrons. The summed E-state index contributed by atoms with van der Waals surface area (Å²) in [7, 11) is 0. The van der Waals surface area contributed by atoms with Gasteiger partial charge in [0.1, 0.15) is 17.3 Å². The fourth-order valence-corrected chi connectivity index (χ4v) is 3.72. The van der Waals surface area contributed by atoms with Gasteiger partial charge in [0.05, 0.1) is 12.2 Å². The van der Waals surface area contributed by atoms with Gasteiger partial charge in [-0.3, -0.25) is 19.3 Å². The number of fused-ring (bicyclic) bond motifs is 1. The van der Waals surface area contributed by atoms with E-state index in [1.807, 2.05) is 45.9 Å². The van der Waals surface area contributed by atoms with E-state index in [2.05, 4.69) is 5.32 Å². The molecule has 2 amide bonds. The third-order valence-corrected chi connectivity index (χ3v) is 6.26. The predicted octanol–water partition coefficient (Wildman–Crippen LogP) is 4.61. The van der Waals surface area contributed by atoms with Crippen LogP contribution in [0.5, 0.6) is 11.5 Å². The molecule has 36 heavy (non-hydrogen) atoms. The number of Topliss-reactive ketones (excluding diaryl/α,β-unsaturated/α-hetero) is 1. The van der Waals surface area contributed by atoms with Crippen molar-refractivity contribution in [2.75, 3.05) is 18.1 Å². The summed E-state index contributed by atoms with van der Waals surface area (Å²) in [5.41, 5.74) is 3.09. The maximum absolute atomic E-state index is 12.9. The maximum Gasteiger partial charge on any atom is 0.287 e. The van der Waals surface area contributed by atoms with Crippen LogP contribution in [0.4, 0.5) is 5.69 Å². The van der Waals surface area contributed by atoms with Crippen LogP contribution in [0.2, 0.25) is 0 Å². The van der Waals surface area contributed by atoms with Crippen LogP contribution in [0.15, 0.2) is 52.9 Å². The van der Waals surface area contributed by atoms with Crippen LogP contribution in [0.25, 0.3) is 0 Å². The number of anilines is 1. The number of benzene rings is 2. The van der Waals surface area contributed by atoms with Gasteiger partial charge in [-0.15, -0.1) is 0 Å². The summed E-state index contributed by atoms with van der Waals surface area (Å²) in [6, 6.07) is 13.9. The number of furan rings is 1. The molecule has 0 spiro atoms. The van der Waals surface area contributed by atoms with Gasteiger partial charge < -0.3 is 19.2 Å². The molecular weight excluding hydrogens is 460 g/mol. The summed E-state index contributed by atoms with van der Waals surface area (Å²) < 4.78 is 17.0. The highest BCUT2D eigenvalue weighted by atomic mass is 16.5. The minimum Gasteiger partial charge on any atom is -0.485 e. The monoisotopic (exact) mass is 490 g/mol. The molecule has 4 rings (SSSR count). The molecule has 0 aliphatic carbocycles. The second-order valence-corrected chi connectivity index (χ2v) is 8.96. The third-order valence-electron chi connectivity index (χ3n) is 6.26. The molecule has 0 bridgehead atoms. The Labute approximate surface area is 210 Å². The van der Waals surface area contributed by atoms with Gasteiger partial charge in [0.2, 0.25) is 0 Å². The highest BCUT2D eigenvalue weighted by Gasteiger charge is 2.28. The number of ether oxygens (including phenoxy) is 2. The average molecular weight is 491 g/mol. The summed E-state index contributed by atoms with van der Waals surface area (Å²) in [5.74, 6) is 0.925. The first kappa shape index (κ1) is 25.0. The normalized spacial score (nSPS) is 13.6. The molecule has 0 fully saturated rings. The first-order valence-corrected chi connectivity index (χ1v) is 11.9. The summed E-state index contributed by atoms with van der Waals surface area (Å²) in [4.78, 5) is 39.4. The Bertz CT molecular complexity index is 1290. The Morgan fingerprint density at radius 1 is 1.08 bits per heavy atom. The number of carbonyl (C=O) groups excluding carboxylic acids is 3. The summed E-state index contributed by atoms with van der Waals surface area (Å²) in [6.45, 7) is 7.73. The van der Waals surface area contributed by atoms with Crippen molar-refractivity contribution < 1.29 is 28.3 Å². The van der Waals surface area contributed by atoms with Crippen molar-refractivity contribution in [2.45, 2.75) is 46.7 Å². The smallest absolute Gasteiger partial charge is 0.287 e. The number of hydrogen-bond donors (Lipinski definition) is 1. The van der Waals surface area contributed by atoms with E-state index in [0.29, 0.717) is 28.5 Å². The quantitative estimate of drug-likeness (QED) is 0.440. The molecule has 1 atom stereocenters. The van der Waals surface area contributed by atoms with Gasteiger partial charge in [0.25, 0.3) is 11.8 Å². The zero-order valence-corrected chi connectivity index (χ0v) is 20.9. The molecule has 1 aliphatic rings. The van der Waals surface area contributed by atoms with Crippen LogP contribution in [0, 0.1) is 13.8 Å². The van der Waals surface area contributed by atoms with Crippen LogP contribution < -0.4 is 19.7 Å². The average Bonchev–Trinajstić information content (AvgIpc) is 3.34. The van der Waals surface area contributed by atoms with Crippen LogP contribution in [0.1, 0.15) is 58.1 Å². The number of aryl methyl sites for hydroxylation is 2. The molecule has 1 unspecified atom stereocenters. The minimum atomic E-state index is -0.305. The molecule has 8 heteroatoms. The minimum absolute atomic E-state index is 0.0220. The fourth-order valence-electron chi connectivity index (χ4n) is 3.72. The van der Waals surface area contributed by atoms with E-state index in [-0.39, 0.29) is 49.2 Å². The molecule has 2 aromatic carbocycles. The van der Waals surface area contributed by atoms with Crippen molar-refractivity contribution >= 4 is 23.3 Å². The number of amides is 2. The predicted molar refractivity (Wildman–Crippen MR) is 135 cm³/mol. The van der Waals surface area contributed by atoms with E-state index in [1.165, 1.54) is 4.90 Å². The molecule has 1 N–H and O–H groups in total. The first-order chi connectivity index (χ1) is 17.2. The third kappa shape index (κ3) is 5.59. The van der Waals surface area contributed by atoms with E-state index in [4.69, 9.17) is 13.9 Å². The van der Waals surface area contributed by atoms with E-state index in [1.54, 1.807) is 30.3 Å². The molecule has 0 saturated heterocycles. The van der Waals surface area contributed by atoms with Crippen molar-refractivity contribution in [1.82, 2.24) is 5.32 Å². The molecule has 3 aromatic rings. The number of rotatable bonds is 9. The summed E-state index contributed by atoms with van der Waals surface area (Å²) in [5, 5.41) is 2.85. The first-order valence-electron chi connectivity index (χ1n) is 11.9. The molecule has 0 saturated carbocycles. The molecule has 8 nitrogen and oxygen atoms in total. The molecular formula is C28H30N2O6. The number of ketones is 1. The van der Waals surface area contributed by atoms with Gasteiger partial charge in [0.15, 0.2) is 24.8 Å². The SMILES string of the molecule is CCC(C)NC(=O)c1ccc(CN2C(=O)COc3ccc(C(=O)COc4ccc(C)c(C)c4)cc32)o1. The number of nitrogens with one attached hydrogen (secondary N) is 1. The Morgan fingerprint density at radius 3 is 2.64 bits per heavy atom. The number of carbonyl (C=O) groups is 3. The lowest BCUT2D eigenvalue weighted by atomic mass is 10.1. The Morgan fingerprint density at radius 2 is 1.89 bits per heavy atom. The molecule has 1 aliphatic heterocycles. The lowest BCUT2D eigenvalue weighted by molar-refractivity contribution is -0.121. The topological polar surface area (TPSA) is 98.1 Å². The van der Waals surface area contributed by atoms with E-state index >= 15 is 0 Å². The molecule has 0 radical (unpaired) electrons. The van der Waals surface area contributed by atoms with Crippen LogP contribution >= 0.6 is 0 Å². The van der Waals surface area contributed by atoms with E-state index in [9.17, 15) is 14.4 Å². The zero-order valence-electron chi connectivity index (χ0n) is 20.9. The largest absolute Gasteiger partial charge is 0.485 e. The summed E-state index contributed by atoms with van der Waals surface area (Å²) >= 11 is 0. The Hall–Kier alpha value is -4.07. The molecule has 1 aromatic heterocycles. The lowest BCUT2D eigenvalue weighted by Gasteiger charge is -2.29. The number of hydrogen-bond acceptors (Lipinski definition) is 6. The Kier molecular flexibility index (Phi) is 7.43. The van der Waals surface area contributed by atoms with Gasteiger partial charge in [-0.25, -0.2) is 0 Å². The molecule has 2 heterocycles. The highest BCUT2D eigenvalue weighted by molar-refractivity contribution is 6.02. The Balaban J connectivity index is 1.49. The van der Waals surface area contributed by atoms with Crippen LogP contribution in [-0.2, 0) is 11.3 Å². The van der Waals surface area contributed by atoms with Crippen molar-refractivity contribution in [3.63, 3.8) is 0 Å². The second-order valence-electron chi connectivity index (χ2n) is 8.96. The van der Waals surface area contributed by atoms with Gasteiger partial charge in [0, 0.05) is 11.6 Å². The highest BCUT2D eigenvalue weighted by Crippen LogP contribution is 2.34. The van der Waals surface area contributed by atoms with Gasteiger partial charge in [-0.1, -0.05) is 13.0 Å². The van der Waals surface area contributed by atoms with Crippen LogP contribution in [-0.4, -0.2) is 36.9 Å². The lowest BCUT2D eigenvalue weighted by Crippen LogP contribution is -2.38. The van der Waals surface area contributed by atoms with Crippen molar-refractivity contribution in [3.8, 4) is 11.5 Å². The van der Waals surface area contributed by atoms with Crippen molar-refractivity contribution in [3.05, 3.63) is 76.7 Å². The van der Waals surface area contributed by atoms with Gasteiger partial charge >= 0.3 is 0 Å². The van der Waals surface area contributed by atoms with E-state index in [0.717, 1.165) is 17.5 Å². The number of nitrogens with zero attached hydrogens (tertiary/aromatic N) is 1. The van der Waals surface area contributed by atoms with Crippen LogP contribution in [0.3, 0.4) is 0 Å². The summed E-state index contributed by atoms with van der Waals surface area (Å²) in [6.07, 6.45) is 0.801. The standard InChI is InChI=1S/C28H30N2O6/c1-5-19(4)29-28(33)26-11-9-22(36-26)14-30-23-13-20(7-10-25(23)35-16-27(30)32)24(31)15-34-21-8-6-17(2)18(3)12-21/h6-13,19H,5,14-16H2,1-4H3,(H,29,33). The maximum atomic E-state index is 12.9.